The minimum atomic E-state index is -0.104. The number of hydrogen-bond donors (Lipinski definition) is 0. The molecule has 1 aliphatic rings. The molecular formula is C23H24INO3S2. The molecule has 1 saturated heterocycles. The van der Waals surface area contributed by atoms with Crippen LogP contribution < -0.4 is 14.4 Å². The van der Waals surface area contributed by atoms with Crippen LogP contribution in [0.1, 0.15) is 37.0 Å². The number of hydrogen-bond acceptors (Lipinski definition) is 5. The van der Waals surface area contributed by atoms with E-state index in [1.54, 1.807) is 4.90 Å². The van der Waals surface area contributed by atoms with Crippen molar-refractivity contribution >= 4 is 68.6 Å². The number of benzene rings is 2. The van der Waals surface area contributed by atoms with E-state index in [4.69, 9.17) is 21.7 Å². The second-order valence-electron chi connectivity index (χ2n) is 6.90. The second kappa shape index (κ2) is 10.2. The molecule has 1 fully saturated rings. The van der Waals surface area contributed by atoms with Gasteiger partial charge in [-0.25, -0.2) is 0 Å². The highest BCUT2D eigenvalue weighted by Gasteiger charge is 2.33. The summed E-state index contributed by atoms with van der Waals surface area (Å²) in [6.07, 6.45) is 2.79. The molecule has 30 heavy (non-hydrogen) atoms. The number of anilines is 1. The van der Waals surface area contributed by atoms with Crippen molar-refractivity contribution in [3.05, 3.63) is 55.5 Å². The molecule has 0 bridgehead atoms. The van der Waals surface area contributed by atoms with Crippen molar-refractivity contribution < 1.29 is 14.3 Å². The standard InChI is InChI=1S/C23H24INO3S2/c1-5-9-28-21-18(24)11-16(12-19(21)27-6-2)13-20-22(26)25(23(29)30-20)17-8-7-14(3)15(4)10-17/h7-8,10-13H,5-6,9H2,1-4H3/b20-13-. The Bertz CT molecular complexity index is 1020. The molecule has 2 aromatic carbocycles. The van der Waals surface area contributed by atoms with E-state index in [-0.39, 0.29) is 5.91 Å². The fourth-order valence-corrected chi connectivity index (χ4v) is 5.06. The Hall–Kier alpha value is -1.58. The molecule has 1 aliphatic heterocycles. The quantitative estimate of drug-likeness (QED) is 0.222. The van der Waals surface area contributed by atoms with Gasteiger partial charge in [-0.1, -0.05) is 37.0 Å². The predicted molar refractivity (Wildman–Crippen MR) is 138 cm³/mol. The predicted octanol–water partition coefficient (Wildman–Crippen LogP) is 6.50. The van der Waals surface area contributed by atoms with Crippen LogP contribution in [0.4, 0.5) is 5.69 Å². The fourth-order valence-electron chi connectivity index (χ4n) is 2.98. The lowest BCUT2D eigenvalue weighted by Crippen LogP contribution is -2.27. The Morgan fingerprint density at radius 1 is 1.13 bits per heavy atom. The minimum absolute atomic E-state index is 0.104. The molecule has 158 valence electrons. The van der Waals surface area contributed by atoms with Crippen molar-refractivity contribution in [2.75, 3.05) is 18.1 Å². The normalized spacial score (nSPS) is 15.2. The van der Waals surface area contributed by atoms with E-state index in [2.05, 4.69) is 36.4 Å². The van der Waals surface area contributed by atoms with Gasteiger partial charge in [-0.3, -0.25) is 9.69 Å². The first-order chi connectivity index (χ1) is 14.3. The molecule has 0 N–H and O–H groups in total. The van der Waals surface area contributed by atoms with Crippen LogP contribution in [-0.4, -0.2) is 23.4 Å². The van der Waals surface area contributed by atoms with Gasteiger partial charge in [-0.15, -0.1) is 0 Å². The molecule has 0 aromatic heterocycles. The van der Waals surface area contributed by atoms with Crippen LogP contribution in [0.2, 0.25) is 0 Å². The average Bonchev–Trinajstić information content (AvgIpc) is 2.97. The number of ether oxygens (including phenoxy) is 2. The SMILES string of the molecule is CCCOc1c(I)cc(/C=C2\SC(=S)N(c3ccc(C)c(C)c3)C2=O)cc1OCC. The van der Waals surface area contributed by atoms with Gasteiger partial charge in [0.25, 0.3) is 5.91 Å². The zero-order valence-electron chi connectivity index (χ0n) is 17.5. The van der Waals surface area contributed by atoms with E-state index in [0.717, 1.165) is 32.6 Å². The van der Waals surface area contributed by atoms with E-state index < -0.39 is 0 Å². The Morgan fingerprint density at radius 3 is 2.57 bits per heavy atom. The summed E-state index contributed by atoms with van der Waals surface area (Å²) in [6, 6.07) is 9.86. The first kappa shape index (κ1) is 23.1. The third-order valence-corrected chi connectivity index (χ3v) is 6.73. The second-order valence-corrected chi connectivity index (χ2v) is 9.74. The third-order valence-electron chi connectivity index (χ3n) is 4.62. The van der Waals surface area contributed by atoms with Gasteiger partial charge < -0.3 is 9.47 Å². The van der Waals surface area contributed by atoms with Gasteiger partial charge in [-0.2, -0.15) is 0 Å². The number of rotatable bonds is 7. The number of amides is 1. The van der Waals surface area contributed by atoms with Gasteiger partial charge in [-0.05, 0) is 96.8 Å². The van der Waals surface area contributed by atoms with E-state index in [1.165, 1.54) is 17.3 Å². The summed E-state index contributed by atoms with van der Waals surface area (Å²) in [7, 11) is 0. The molecule has 1 heterocycles. The van der Waals surface area contributed by atoms with E-state index in [1.807, 2.05) is 50.3 Å². The Morgan fingerprint density at radius 2 is 1.90 bits per heavy atom. The highest BCUT2D eigenvalue weighted by atomic mass is 127. The van der Waals surface area contributed by atoms with Crippen molar-refractivity contribution in [2.45, 2.75) is 34.1 Å². The number of carbonyl (C=O) groups excluding carboxylic acids is 1. The van der Waals surface area contributed by atoms with Crippen molar-refractivity contribution in [3.63, 3.8) is 0 Å². The average molecular weight is 553 g/mol. The van der Waals surface area contributed by atoms with Crippen LogP contribution >= 0.6 is 46.6 Å². The molecule has 0 aliphatic carbocycles. The molecular weight excluding hydrogens is 529 g/mol. The van der Waals surface area contributed by atoms with Gasteiger partial charge in [0.05, 0.1) is 27.4 Å². The van der Waals surface area contributed by atoms with Crippen LogP contribution in [0.25, 0.3) is 6.08 Å². The van der Waals surface area contributed by atoms with Gasteiger partial charge in [0.1, 0.15) is 0 Å². The molecule has 4 nitrogen and oxygen atoms in total. The van der Waals surface area contributed by atoms with Crippen LogP contribution in [0.15, 0.2) is 35.2 Å². The van der Waals surface area contributed by atoms with E-state index in [0.29, 0.717) is 28.2 Å². The van der Waals surface area contributed by atoms with Gasteiger partial charge in [0, 0.05) is 0 Å². The lowest BCUT2D eigenvalue weighted by atomic mass is 10.1. The number of nitrogens with zero attached hydrogens (tertiary/aromatic N) is 1. The largest absolute Gasteiger partial charge is 0.490 e. The van der Waals surface area contributed by atoms with E-state index in [9.17, 15) is 4.79 Å². The maximum atomic E-state index is 13.1. The molecule has 7 heteroatoms. The van der Waals surface area contributed by atoms with Gasteiger partial charge >= 0.3 is 0 Å². The smallest absolute Gasteiger partial charge is 0.270 e. The first-order valence-corrected chi connectivity index (χ1v) is 12.1. The van der Waals surface area contributed by atoms with Crippen LogP contribution in [-0.2, 0) is 4.79 Å². The summed E-state index contributed by atoms with van der Waals surface area (Å²) < 4.78 is 13.2. The highest BCUT2D eigenvalue weighted by Crippen LogP contribution is 2.39. The molecule has 0 atom stereocenters. The van der Waals surface area contributed by atoms with Crippen LogP contribution in [0.3, 0.4) is 0 Å². The summed E-state index contributed by atoms with van der Waals surface area (Å²) in [4.78, 5) is 15.3. The molecule has 0 unspecified atom stereocenters. The topological polar surface area (TPSA) is 38.8 Å². The zero-order valence-corrected chi connectivity index (χ0v) is 21.2. The number of aryl methyl sites for hydroxylation is 2. The van der Waals surface area contributed by atoms with Gasteiger partial charge in [0.2, 0.25) is 0 Å². The molecule has 3 rings (SSSR count). The maximum Gasteiger partial charge on any atom is 0.270 e. The van der Waals surface area contributed by atoms with Gasteiger partial charge in [0.15, 0.2) is 15.8 Å². The zero-order chi connectivity index (χ0) is 21.8. The molecule has 0 spiro atoms. The lowest BCUT2D eigenvalue weighted by Gasteiger charge is -2.16. The van der Waals surface area contributed by atoms with Crippen molar-refractivity contribution in [1.29, 1.82) is 0 Å². The summed E-state index contributed by atoms with van der Waals surface area (Å²) in [5, 5.41) is 0. The Balaban J connectivity index is 1.94. The number of carbonyl (C=O) groups is 1. The third kappa shape index (κ3) is 5.00. The number of halogens is 1. The molecule has 2 aromatic rings. The van der Waals surface area contributed by atoms with Crippen molar-refractivity contribution in [1.82, 2.24) is 0 Å². The number of thioether (sulfide) groups is 1. The first-order valence-electron chi connectivity index (χ1n) is 9.80. The summed E-state index contributed by atoms with van der Waals surface area (Å²) in [5.41, 5.74) is 4.00. The molecule has 0 radical (unpaired) electrons. The van der Waals surface area contributed by atoms with Crippen molar-refractivity contribution in [3.8, 4) is 11.5 Å². The monoisotopic (exact) mass is 553 g/mol. The lowest BCUT2D eigenvalue weighted by molar-refractivity contribution is -0.113. The van der Waals surface area contributed by atoms with E-state index >= 15 is 0 Å². The Labute approximate surface area is 201 Å². The van der Waals surface area contributed by atoms with Crippen LogP contribution in [0.5, 0.6) is 11.5 Å². The minimum Gasteiger partial charge on any atom is -0.490 e. The fraction of sp³-hybridized carbons (Fsp3) is 0.304. The maximum absolute atomic E-state index is 13.1. The Kier molecular flexibility index (Phi) is 7.81. The van der Waals surface area contributed by atoms with Crippen molar-refractivity contribution in [2.24, 2.45) is 0 Å². The highest BCUT2D eigenvalue weighted by molar-refractivity contribution is 14.1. The molecule has 0 saturated carbocycles. The molecule has 1 amide bonds. The number of thiocarbonyl (C=S) groups is 1. The van der Waals surface area contributed by atoms with Crippen LogP contribution in [0, 0.1) is 17.4 Å². The summed E-state index contributed by atoms with van der Waals surface area (Å²) in [6.45, 7) is 9.26. The summed E-state index contributed by atoms with van der Waals surface area (Å²) in [5.74, 6) is 1.33. The summed E-state index contributed by atoms with van der Waals surface area (Å²) >= 11 is 9.08.